The van der Waals surface area contributed by atoms with E-state index in [1.807, 2.05) is 30.5 Å². The maximum absolute atomic E-state index is 4.74. The molecule has 1 aromatic heterocycles. The molecule has 1 saturated carbocycles. The van der Waals surface area contributed by atoms with E-state index in [1.165, 1.54) is 49.4 Å². The number of hydrogen-bond donors (Lipinski definition) is 1. The lowest BCUT2D eigenvalue weighted by atomic mass is 9.83. The van der Waals surface area contributed by atoms with E-state index in [0.29, 0.717) is 5.54 Å². The molecule has 3 rings (SSSR count). The molecule has 1 aliphatic carbocycles. The average Bonchev–Trinajstić information content (AvgIpc) is 3.10. The molecule has 2 fully saturated rings. The summed E-state index contributed by atoms with van der Waals surface area (Å²) in [6.45, 7) is 2.00. The highest BCUT2D eigenvalue weighted by atomic mass is 32.2. The number of nitrogens with zero attached hydrogens (tertiary/aromatic N) is 3. The number of unbranched alkanes of at least 4 members (excludes halogenated alkanes) is 1. The number of amidine groups is 1. The maximum atomic E-state index is 4.74. The van der Waals surface area contributed by atoms with Crippen LogP contribution < -0.4 is 5.32 Å². The van der Waals surface area contributed by atoms with E-state index in [4.69, 9.17) is 4.99 Å². The number of thioether (sulfide) groups is 1. The Bertz CT molecular complexity index is 435. The minimum Gasteiger partial charge on any atom is -0.359 e. The Labute approximate surface area is 125 Å². The predicted molar refractivity (Wildman–Crippen MR) is 85.2 cm³/mol. The zero-order chi connectivity index (χ0) is 13.7. The highest BCUT2D eigenvalue weighted by molar-refractivity contribution is 8.14. The number of imidazole rings is 1. The molecule has 0 unspecified atom stereocenters. The summed E-state index contributed by atoms with van der Waals surface area (Å²) in [6, 6.07) is 0. The molecule has 0 atom stereocenters. The third kappa shape index (κ3) is 3.57. The molecule has 0 bridgehead atoms. The van der Waals surface area contributed by atoms with E-state index < -0.39 is 0 Å². The van der Waals surface area contributed by atoms with Crippen molar-refractivity contribution in [3.05, 3.63) is 18.7 Å². The molecule has 1 N–H and O–H groups in total. The molecule has 2 aliphatic rings. The second-order valence-corrected chi connectivity index (χ2v) is 6.91. The van der Waals surface area contributed by atoms with Gasteiger partial charge in [0.25, 0.3) is 0 Å². The first-order valence-electron chi connectivity index (χ1n) is 7.78. The van der Waals surface area contributed by atoms with Gasteiger partial charge in [-0.1, -0.05) is 31.0 Å². The van der Waals surface area contributed by atoms with Crippen LogP contribution in [0.1, 0.15) is 44.9 Å². The van der Waals surface area contributed by atoms with Gasteiger partial charge >= 0.3 is 0 Å². The topological polar surface area (TPSA) is 42.2 Å². The molecule has 1 aromatic rings. The SMILES string of the molecule is c1cn(CCCCN=C2NC3(CCCCC3)CS2)cn1. The van der Waals surface area contributed by atoms with Gasteiger partial charge in [0.05, 0.1) is 6.33 Å². The van der Waals surface area contributed by atoms with Gasteiger partial charge in [-0.2, -0.15) is 0 Å². The van der Waals surface area contributed by atoms with Gasteiger partial charge in [0.15, 0.2) is 5.17 Å². The quantitative estimate of drug-likeness (QED) is 0.848. The van der Waals surface area contributed by atoms with Crippen LogP contribution in [-0.4, -0.2) is 32.6 Å². The Morgan fingerprint density at radius 1 is 1.30 bits per heavy atom. The van der Waals surface area contributed by atoms with Crippen molar-refractivity contribution in [3.8, 4) is 0 Å². The van der Waals surface area contributed by atoms with Crippen molar-refractivity contribution in [2.75, 3.05) is 12.3 Å². The molecule has 1 saturated heterocycles. The van der Waals surface area contributed by atoms with Gasteiger partial charge in [0, 0.05) is 36.8 Å². The zero-order valence-electron chi connectivity index (χ0n) is 12.1. The molecule has 1 aliphatic heterocycles. The molecule has 5 heteroatoms. The number of rotatable bonds is 5. The summed E-state index contributed by atoms with van der Waals surface area (Å²) < 4.78 is 2.13. The Morgan fingerprint density at radius 3 is 3.00 bits per heavy atom. The highest BCUT2D eigenvalue weighted by Crippen LogP contribution is 2.36. The number of aliphatic imine (C=N–C) groups is 1. The van der Waals surface area contributed by atoms with Crippen molar-refractivity contribution < 1.29 is 0 Å². The molecule has 0 amide bonds. The van der Waals surface area contributed by atoms with Gasteiger partial charge in [0.2, 0.25) is 0 Å². The monoisotopic (exact) mass is 292 g/mol. The van der Waals surface area contributed by atoms with Crippen molar-refractivity contribution in [2.24, 2.45) is 4.99 Å². The van der Waals surface area contributed by atoms with Gasteiger partial charge in [-0.25, -0.2) is 4.98 Å². The van der Waals surface area contributed by atoms with Crippen LogP contribution in [0, 0.1) is 0 Å². The second kappa shape index (κ2) is 6.66. The Kier molecular flexibility index (Phi) is 4.65. The van der Waals surface area contributed by atoms with E-state index in [2.05, 4.69) is 14.9 Å². The van der Waals surface area contributed by atoms with Crippen LogP contribution >= 0.6 is 11.8 Å². The predicted octanol–water partition coefficient (Wildman–Crippen LogP) is 3.06. The first kappa shape index (κ1) is 14.0. The number of aromatic nitrogens is 2. The van der Waals surface area contributed by atoms with Crippen molar-refractivity contribution in [3.63, 3.8) is 0 Å². The summed E-state index contributed by atoms with van der Waals surface area (Å²) in [4.78, 5) is 8.79. The summed E-state index contributed by atoms with van der Waals surface area (Å²) in [7, 11) is 0. The smallest absolute Gasteiger partial charge is 0.157 e. The molecule has 1 spiro atoms. The third-order valence-electron chi connectivity index (χ3n) is 4.31. The molecular weight excluding hydrogens is 268 g/mol. The van der Waals surface area contributed by atoms with Crippen molar-refractivity contribution in [1.82, 2.24) is 14.9 Å². The zero-order valence-corrected chi connectivity index (χ0v) is 12.9. The van der Waals surface area contributed by atoms with Gasteiger partial charge in [-0.05, 0) is 25.7 Å². The van der Waals surface area contributed by atoms with E-state index in [9.17, 15) is 0 Å². The van der Waals surface area contributed by atoms with E-state index >= 15 is 0 Å². The summed E-state index contributed by atoms with van der Waals surface area (Å²) >= 11 is 1.93. The lowest BCUT2D eigenvalue weighted by molar-refractivity contribution is 0.303. The lowest BCUT2D eigenvalue weighted by Gasteiger charge is -2.32. The molecule has 0 aromatic carbocycles. The van der Waals surface area contributed by atoms with Gasteiger partial charge in [-0.3, -0.25) is 4.99 Å². The van der Waals surface area contributed by atoms with Crippen LogP contribution in [0.15, 0.2) is 23.7 Å². The minimum absolute atomic E-state index is 0.387. The van der Waals surface area contributed by atoms with Crippen LogP contribution in [0.3, 0.4) is 0 Å². The summed E-state index contributed by atoms with van der Waals surface area (Å²) in [5, 5.41) is 4.90. The van der Waals surface area contributed by atoms with Crippen LogP contribution in [-0.2, 0) is 6.54 Å². The summed E-state index contributed by atoms with van der Waals surface area (Å²) in [5.41, 5.74) is 0.387. The van der Waals surface area contributed by atoms with Crippen molar-refractivity contribution in [1.29, 1.82) is 0 Å². The molecule has 2 heterocycles. The standard InChI is InChI=1S/C15H24N4S/c1-2-6-15(7-3-1)12-20-14(18-15)17-8-4-5-10-19-11-9-16-13-19/h9,11,13H,1-8,10,12H2,(H,17,18). The van der Waals surface area contributed by atoms with E-state index in [0.717, 1.165) is 19.5 Å². The summed E-state index contributed by atoms with van der Waals surface area (Å²) in [5.74, 6) is 1.22. The lowest BCUT2D eigenvalue weighted by Crippen LogP contribution is -2.45. The number of hydrogen-bond acceptors (Lipinski definition) is 3. The van der Waals surface area contributed by atoms with Crippen LogP contribution in [0.2, 0.25) is 0 Å². The van der Waals surface area contributed by atoms with Crippen molar-refractivity contribution in [2.45, 2.75) is 57.0 Å². The van der Waals surface area contributed by atoms with Crippen molar-refractivity contribution >= 4 is 16.9 Å². The van der Waals surface area contributed by atoms with Crippen LogP contribution in [0.25, 0.3) is 0 Å². The Balaban J connectivity index is 1.37. The first-order valence-corrected chi connectivity index (χ1v) is 8.76. The van der Waals surface area contributed by atoms with Crippen LogP contribution in [0.5, 0.6) is 0 Å². The number of aryl methyl sites for hydroxylation is 1. The Hall–Kier alpha value is -0.970. The molecule has 110 valence electrons. The average molecular weight is 292 g/mol. The fraction of sp³-hybridized carbons (Fsp3) is 0.733. The first-order chi connectivity index (χ1) is 9.86. The Morgan fingerprint density at radius 2 is 2.20 bits per heavy atom. The third-order valence-corrected chi connectivity index (χ3v) is 5.51. The van der Waals surface area contributed by atoms with Gasteiger partial charge < -0.3 is 9.88 Å². The molecule has 0 radical (unpaired) electrons. The van der Waals surface area contributed by atoms with E-state index in [1.54, 1.807) is 0 Å². The van der Waals surface area contributed by atoms with Gasteiger partial charge in [0.1, 0.15) is 0 Å². The molecule has 20 heavy (non-hydrogen) atoms. The fourth-order valence-corrected chi connectivity index (χ4v) is 4.34. The minimum atomic E-state index is 0.387. The largest absolute Gasteiger partial charge is 0.359 e. The highest BCUT2D eigenvalue weighted by Gasteiger charge is 2.37. The maximum Gasteiger partial charge on any atom is 0.157 e. The fourth-order valence-electron chi connectivity index (χ4n) is 3.09. The summed E-state index contributed by atoms with van der Waals surface area (Å²) in [6.07, 6.45) is 14.9. The number of nitrogens with one attached hydrogen (secondary N) is 1. The van der Waals surface area contributed by atoms with Crippen LogP contribution in [0.4, 0.5) is 0 Å². The molecule has 4 nitrogen and oxygen atoms in total. The van der Waals surface area contributed by atoms with Gasteiger partial charge in [-0.15, -0.1) is 0 Å². The second-order valence-electron chi connectivity index (χ2n) is 5.95. The molecular formula is C15H24N4S. The normalized spacial score (nSPS) is 23.3. The van der Waals surface area contributed by atoms with E-state index in [-0.39, 0.29) is 0 Å².